The van der Waals surface area contributed by atoms with Crippen LogP contribution in [0.4, 0.5) is 0 Å². The van der Waals surface area contributed by atoms with Crippen LogP contribution in [0.15, 0.2) is 34.2 Å². The first kappa shape index (κ1) is 12.4. The van der Waals surface area contributed by atoms with Crippen LogP contribution in [-0.2, 0) is 6.54 Å². The van der Waals surface area contributed by atoms with Crippen LogP contribution in [0.1, 0.15) is 22.3 Å². The molecule has 2 aromatic rings. The molecule has 17 heavy (non-hydrogen) atoms. The van der Waals surface area contributed by atoms with E-state index < -0.39 is 0 Å². The third kappa shape index (κ3) is 2.98. The lowest BCUT2D eigenvalue weighted by molar-refractivity contribution is 0.0749. The molecule has 0 saturated carbocycles. The number of H-pyrrole nitrogens is 1. The summed E-state index contributed by atoms with van der Waals surface area (Å²) in [5.74, 6) is 0.0339. The zero-order valence-corrected chi connectivity index (χ0v) is 11.8. The van der Waals surface area contributed by atoms with E-state index >= 15 is 0 Å². The van der Waals surface area contributed by atoms with Crippen LogP contribution in [0.5, 0.6) is 0 Å². The molecule has 2 aromatic heterocycles. The summed E-state index contributed by atoms with van der Waals surface area (Å²) in [6.45, 7) is 3.36. The van der Waals surface area contributed by atoms with Gasteiger partial charge in [-0.3, -0.25) is 4.79 Å². The van der Waals surface area contributed by atoms with Crippen LogP contribution in [0, 0.1) is 0 Å². The Bertz CT molecular complexity index is 492. The Hall–Kier alpha value is -1.07. The molecule has 0 radical (unpaired) electrons. The Labute approximate surface area is 113 Å². The van der Waals surface area contributed by atoms with Crippen molar-refractivity contribution in [3.63, 3.8) is 0 Å². The van der Waals surface area contributed by atoms with Gasteiger partial charge in [-0.15, -0.1) is 11.3 Å². The molecule has 0 aliphatic heterocycles. The average molecular weight is 313 g/mol. The van der Waals surface area contributed by atoms with Gasteiger partial charge >= 0.3 is 0 Å². The summed E-state index contributed by atoms with van der Waals surface area (Å²) in [6.07, 6.45) is 1.77. The van der Waals surface area contributed by atoms with Gasteiger partial charge in [0.15, 0.2) is 0 Å². The summed E-state index contributed by atoms with van der Waals surface area (Å²) in [7, 11) is 0. The molecule has 2 heterocycles. The number of nitrogens with one attached hydrogen (secondary N) is 1. The van der Waals surface area contributed by atoms with Crippen molar-refractivity contribution in [1.29, 1.82) is 0 Å². The van der Waals surface area contributed by atoms with Gasteiger partial charge in [0.25, 0.3) is 5.91 Å². The van der Waals surface area contributed by atoms with Crippen molar-refractivity contribution >= 4 is 33.2 Å². The molecule has 0 atom stereocenters. The van der Waals surface area contributed by atoms with E-state index in [2.05, 4.69) is 20.9 Å². The number of hydrogen-bond acceptors (Lipinski definition) is 2. The van der Waals surface area contributed by atoms with Crippen molar-refractivity contribution in [1.82, 2.24) is 9.88 Å². The molecule has 0 spiro atoms. The number of nitrogens with zero attached hydrogens (tertiary/aromatic N) is 1. The first-order valence-electron chi connectivity index (χ1n) is 5.36. The lowest BCUT2D eigenvalue weighted by atomic mass is 10.3. The Morgan fingerprint density at radius 2 is 2.41 bits per heavy atom. The van der Waals surface area contributed by atoms with E-state index in [9.17, 15) is 4.79 Å². The van der Waals surface area contributed by atoms with Crippen molar-refractivity contribution in [3.05, 3.63) is 44.8 Å². The number of amides is 1. The summed E-state index contributed by atoms with van der Waals surface area (Å²) in [5.41, 5.74) is 0.621. The number of aromatic nitrogens is 1. The largest absolute Gasteiger partial charge is 0.356 e. The summed E-state index contributed by atoms with van der Waals surface area (Å²) in [4.78, 5) is 18.2. The number of aromatic amines is 1. The van der Waals surface area contributed by atoms with Crippen molar-refractivity contribution in [3.8, 4) is 0 Å². The number of halogens is 1. The number of carbonyl (C=O) groups excluding carboxylic acids is 1. The smallest absolute Gasteiger partial charge is 0.270 e. The van der Waals surface area contributed by atoms with Crippen LogP contribution in [0.2, 0.25) is 0 Å². The Balaban J connectivity index is 2.10. The summed E-state index contributed by atoms with van der Waals surface area (Å²) < 4.78 is 0.896. The topological polar surface area (TPSA) is 36.1 Å². The maximum atomic E-state index is 12.2. The average Bonchev–Trinajstić information content (AvgIpc) is 2.96. The molecule has 0 aliphatic rings. The number of hydrogen-bond donors (Lipinski definition) is 1. The fourth-order valence-electron chi connectivity index (χ4n) is 1.58. The molecule has 90 valence electrons. The molecule has 0 bridgehead atoms. The molecule has 5 heteroatoms. The van der Waals surface area contributed by atoms with Gasteiger partial charge in [0.05, 0.1) is 6.54 Å². The lowest BCUT2D eigenvalue weighted by Crippen LogP contribution is -2.30. The van der Waals surface area contributed by atoms with E-state index in [0.29, 0.717) is 18.8 Å². The maximum Gasteiger partial charge on any atom is 0.270 e. The van der Waals surface area contributed by atoms with Crippen molar-refractivity contribution in [2.45, 2.75) is 13.5 Å². The molecule has 0 fully saturated rings. The maximum absolute atomic E-state index is 12.2. The van der Waals surface area contributed by atoms with Crippen LogP contribution in [-0.4, -0.2) is 22.3 Å². The third-order valence-corrected chi connectivity index (χ3v) is 3.79. The predicted molar refractivity (Wildman–Crippen MR) is 73.2 cm³/mol. The van der Waals surface area contributed by atoms with E-state index in [4.69, 9.17) is 0 Å². The lowest BCUT2D eigenvalue weighted by Gasteiger charge is -2.19. The Morgan fingerprint density at radius 1 is 1.59 bits per heavy atom. The monoisotopic (exact) mass is 312 g/mol. The minimum atomic E-state index is 0.0339. The Kier molecular flexibility index (Phi) is 4.02. The first-order valence-corrected chi connectivity index (χ1v) is 7.03. The highest BCUT2D eigenvalue weighted by molar-refractivity contribution is 9.10. The number of thiophene rings is 1. The van der Waals surface area contributed by atoms with Gasteiger partial charge in [0.1, 0.15) is 5.69 Å². The molecule has 1 amide bonds. The fourth-order valence-corrected chi connectivity index (χ4v) is 2.64. The number of rotatable bonds is 4. The van der Waals surface area contributed by atoms with E-state index in [1.165, 1.54) is 4.88 Å². The van der Waals surface area contributed by atoms with Gasteiger partial charge in [0.2, 0.25) is 0 Å². The molecule has 3 nitrogen and oxygen atoms in total. The molecule has 0 saturated heterocycles. The van der Waals surface area contributed by atoms with E-state index in [0.717, 1.165) is 4.47 Å². The molecule has 2 rings (SSSR count). The van der Waals surface area contributed by atoms with E-state index in [-0.39, 0.29) is 5.91 Å². The standard InChI is InChI=1S/C12H13BrN2OS/c1-2-15(8-10-4-3-5-17-10)12(16)11-6-9(13)7-14-11/h3-7,14H,2,8H2,1H3. The zero-order chi connectivity index (χ0) is 12.3. The van der Waals surface area contributed by atoms with E-state index in [1.807, 2.05) is 29.3 Å². The van der Waals surface area contributed by atoms with Gasteiger partial charge in [-0.25, -0.2) is 0 Å². The second kappa shape index (κ2) is 5.51. The van der Waals surface area contributed by atoms with Gasteiger partial charge in [-0.2, -0.15) is 0 Å². The molecule has 0 aliphatic carbocycles. The summed E-state index contributed by atoms with van der Waals surface area (Å²) in [6, 6.07) is 5.86. The molecule has 0 aromatic carbocycles. The van der Waals surface area contributed by atoms with Crippen LogP contribution < -0.4 is 0 Å². The summed E-state index contributed by atoms with van der Waals surface area (Å²) >= 11 is 5.00. The molecule has 0 unspecified atom stereocenters. The van der Waals surface area contributed by atoms with Crippen molar-refractivity contribution < 1.29 is 4.79 Å². The zero-order valence-electron chi connectivity index (χ0n) is 9.44. The minimum Gasteiger partial charge on any atom is -0.356 e. The highest BCUT2D eigenvalue weighted by Gasteiger charge is 2.16. The van der Waals surface area contributed by atoms with Gasteiger partial charge in [0, 0.05) is 22.1 Å². The second-order valence-electron chi connectivity index (χ2n) is 3.63. The Morgan fingerprint density at radius 3 is 2.94 bits per heavy atom. The van der Waals surface area contributed by atoms with Crippen molar-refractivity contribution in [2.75, 3.05) is 6.54 Å². The summed E-state index contributed by atoms with van der Waals surface area (Å²) in [5, 5.41) is 2.03. The normalized spacial score (nSPS) is 10.5. The highest BCUT2D eigenvalue weighted by Crippen LogP contribution is 2.16. The predicted octanol–water partition coefficient (Wildman–Crippen LogP) is 3.50. The van der Waals surface area contributed by atoms with Crippen LogP contribution in [0.3, 0.4) is 0 Å². The fraction of sp³-hybridized carbons (Fsp3) is 0.250. The molecule has 1 N–H and O–H groups in total. The quantitative estimate of drug-likeness (QED) is 0.921. The minimum absolute atomic E-state index is 0.0339. The van der Waals surface area contributed by atoms with Gasteiger partial charge in [-0.05, 0) is 40.4 Å². The van der Waals surface area contributed by atoms with Gasteiger partial charge < -0.3 is 9.88 Å². The highest BCUT2D eigenvalue weighted by atomic mass is 79.9. The third-order valence-electron chi connectivity index (χ3n) is 2.47. The number of carbonyl (C=O) groups is 1. The molecular weight excluding hydrogens is 300 g/mol. The first-order chi connectivity index (χ1) is 8.20. The second-order valence-corrected chi connectivity index (χ2v) is 5.58. The van der Waals surface area contributed by atoms with Crippen LogP contribution >= 0.6 is 27.3 Å². The van der Waals surface area contributed by atoms with Crippen LogP contribution in [0.25, 0.3) is 0 Å². The van der Waals surface area contributed by atoms with E-state index in [1.54, 1.807) is 23.6 Å². The SMILES string of the molecule is CCN(Cc1cccs1)C(=O)c1cc(Br)c[nH]1. The molecular formula is C12H13BrN2OS. The van der Waals surface area contributed by atoms with Gasteiger partial charge in [-0.1, -0.05) is 6.07 Å². The van der Waals surface area contributed by atoms with Crippen molar-refractivity contribution in [2.24, 2.45) is 0 Å².